The molecule has 4 rings (SSSR count). The van der Waals surface area contributed by atoms with E-state index in [1.54, 1.807) is 0 Å². The molecule has 0 aliphatic carbocycles. The van der Waals surface area contributed by atoms with Gasteiger partial charge in [0.05, 0.1) is 13.2 Å². The summed E-state index contributed by atoms with van der Waals surface area (Å²) in [6.07, 6.45) is 4.12. The minimum absolute atomic E-state index is 0.840. The van der Waals surface area contributed by atoms with Crippen LogP contribution >= 0.6 is 0 Å². The molecule has 23 heavy (non-hydrogen) atoms. The Bertz CT molecular complexity index is 658. The summed E-state index contributed by atoms with van der Waals surface area (Å²) in [5.41, 5.74) is 2.77. The zero-order valence-electron chi connectivity index (χ0n) is 13.8. The van der Waals surface area contributed by atoms with Crippen LogP contribution in [-0.2, 0) is 11.3 Å². The van der Waals surface area contributed by atoms with Crippen molar-refractivity contribution in [2.24, 2.45) is 0 Å². The average Bonchev–Trinajstić information content (AvgIpc) is 2.63. The van der Waals surface area contributed by atoms with Crippen molar-refractivity contribution >= 4 is 16.5 Å². The zero-order chi connectivity index (χ0) is 15.5. The molecule has 0 aromatic heterocycles. The standard InChI is InChI=1S/C20H26N2O/c1-2-8-21(9-3-1)16-17-4-5-19-15-20(7-6-18(19)14-17)22-10-12-23-13-11-22/h4-7,14-15H,1-3,8-13,16H2. The number of hydrogen-bond donors (Lipinski definition) is 0. The lowest BCUT2D eigenvalue weighted by atomic mass is 10.0. The third-order valence-electron chi connectivity index (χ3n) is 5.12. The van der Waals surface area contributed by atoms with Crippen LogP contribution in [0.1, 0.15) is 24.8 Å². The van der Waals surface area contributed by atoms with Crippen LogP contribution in [0.2, 0.25) is 0 Å². The monoisotopic (exact) mass is 310 g/mol. The van der Waals surface area contributed by atoms with Crippen molar-refractivity contribution in [2.45, 2.75) is 25.8 Å². The molecular formula is C20H26N2O. The molecule has 2 saturated heterocycles. The van der Waals surface area contributed by atoms with Crippen molar-refractivity contribution in [3.63, 3.8) is 0 Å². The number of morpholine rings is 1. The molecule has 2 aromatic carbocycles. The number of nitrogens with zero attached hydrogens (tertiary/aromatic N) is 2. The number of ether oxygens (including phenoxy) is 1. The molecule has 2 fully saturated rings. The number of hydrogen-bond acceptors (Lipinski definition) is 3. The highest BCUT2D eigenvalue weighted by Crippen LogP contribution is 2.25. The SMILES string of the molecule is c1cc2cc(N3CCOCC3)ccc2cc1CN1CCCCC1. The number of fused-ring (bicyclic) bond motifs is 1. The van der Waals surface area contributed by atoms with Crippen LogP contribution < -0.4 is 4.90 Å². The molecule has 2 aliphatic rings. The minimum atomic E-state index is 0.840. The van der Waals surface area contributed by atoms with Gasteiger partial charge < -0.3 is 9.64 Å². The lowest BCUT2D eigenvalue weighted by Crippen LogP contribution is -2.36. The summed E-state index contributed by atoms with van der Waals surface area (Å²) in [6.45, 7) is 7.29. The van der Waals surface area contributed by atoms with Gasteiger partial charge >= 0.3 is 0 Å². The first-order valence-electron chi connectivity index (χ1n) is 8.96. The van der Waals surface area contributed by atoms with E-state index >= 15 is 0 Å². The average molecular weight is 310 g/mol. The Morgan fingerprint density at radius 3 is 2.35 bits per heavy atom. The molecule has 0 radical (unpaired) electrons. The van der Waals surface area contributed by atoms with E-state index in [4.69, 9.17) is 4.74 Å². The Balaban J connectivity index is 1.52. The second kappa shape index (κ2) is 6.90. The molecule has 0 spiro atoms. The topological polar surface area (TPSA) is 15.7 Å². The summed E-state index contributed by atoms with van der Waals surface area (Å²) in [6, 6.07) is 13.8. The Morgan fingerprint density at radius 2 is 1.52 bits per heavy atom. The van der Waals surface area contributed by atoms with Crippen LogP contribution in [0.5, 0.6) is 0 Å². The van der Waals surface area contributed by atoms with Crippen molar-refractivity contribution in [2.75, 3.05) is 44.3 Å². The van der Waals surface area contributed by atoms with Crippen molar-refractivity contribution in [3.05, 3.63) is 42.0 Å². The minimum Gasteiger partial charge on any atom is -0.378 e. The predicted molar refractivity (Wildman–Crippen MR) is 96.1 cm³/mol. The fourth-order valence-corrected chi connectivity index (χ4v) is 3.77. The van der Waals surface area contributed by atoms with Gasteiger partial charge in [0.25, 0.3) is 0 Å². The highest BCUT2D eigenvalue weighted by Gasteiger charge is 2.13. The molecule has 0 amide bonds. The third kappa shape index (κ3) is 3.51. The summed E-state index contributed by atoms with van der Waals surface area (Å²) in [5, 5.41) is 2.70. The quantitative estimate of drug-likeness (QED) is 0.860. The predicted octanol–water partition coefficient (Wildman–Crippen LogP) is 3.66. The van der Waals surface area contributed by atoms with Gasteiger partial charge in [0.1, 0.15) is 0 Å². The number of rotatable bonds is 3. The van der Waals surface area contributed by atoms with Gasteiger partial charge in [0.15, 0.2) is 0 Å². The largest absolute Gasteiger partial charge is 0.378 e. The van der Waals surface area contributed by atoms with Gasteiger partial charge in [-0.15, -0.1) is 0 Å². The molecule has 0 N–H and O–H groups in total. The highest BCUT2D eigenvalue weighted by atomic mass is 16.5. The van der Waals surface area contributed by atoms with Crippen molar-refractivity contribution in [3.8, 4) is 0 Å². The molecule has 2 aromatic rings. The molecule has 2 heterocycles. The lowest BCUT2D eigenvalue weighted by Gasteiger charge is -2.29. The second-order valence-electron chi connectivity index (χ2n) is 6.80. The maximum Gasteiger partial charge on any atom is 0.0642 e. The highest BCUT2D eigenvalue weighted by molar-refractivity contribution is 5.86. The van der Waals surface area contributed by atoms with Gasteiger partial charge in [-0.3, -0.25) is 4.90 Å². The van der Waals surface area contributed by atoms with Crippen LogP contribution in [-0.4, -0.2) is 44.3 Å². The fraction of sp³-hybridized carbons (Fsp3) is 0.500. The zero-order valence-corrected chi connectivity index (χ0v) is 13.8. The normalized spacial score (nSPS) is 20.1. The first-order chi connectivity index (χ1) is 11.4. The summed E-state index contributed by atoms with van der Waals surface area (Å²) >= 11 is 0. The van der Waals surface area contributed by atoms with E-state index in [-0.39, 0.29) is 0 Å². The van der Waals surface area contributed by atoms with Crippen molar-refractivity contribution in [1.29, 1.82) is 0 Å². The molecule has 3 heteroatoms. The number of likely N-dealkylation sites (tertiary alicyclic amines) is 1. The summed E-state index contributed by atoms with van der Waals surface area (Å²) in [5.74, 6) is 0. The molecule has 3 nitrogen and oxygen atoms in total. The number of piperidine rings is 1. The molecular weight excluding hydrogens is 284 g/mol. The maximum atomic E-state index is 5.45. The van der Waals surface area contributed by atoms with E-state index in [1.165, 1.54) is 54.4 Å². The molecule has 0 unspecified atom stereocenters. The Labute approximate surface area is 138 Å². The van der Waals surface area contributed by atoms with Crippen LogP contribution in [0.3, 0.4) is 0 Å². The summed E-state index contributed by atoms with van der Waals surface area (Å²) in [7, 11) is 0. The van der Waals surface area contributed by atoms with E-state index in [9.17, 15) is 0 Å². The summed E-state index contributed by atoms with van der Waals surface area (Å²) in [4.78, 5) is 5.01. The molecule has 0 atom stereocenters. The van der Waals surface area contributed by atoms with E-state index in [2.05, 4.69) is 46.2 Å². The second-order valence-corrected chi connectivity index (χ2v) is 6.80. The number of benzene rings is 2. The maximum absolute atomic E-state index is 5.45. The third-order valence-corrected chi connectivity index (χ3v) is 5.12. The lowest BCUT2D eigenvalue weighted by molar-refractivity contribution is 0.122. The molecule has 2 aliphatic heterocycles. The van der Waals surface area contributed by atoms with Crippen LogP contribution in [0, 0.1) is 0 Å². The van der Waals surface area contributed by atoms with Gasteiger partial charge in [-0.1, -0.05) is 24.6 Å². The van der Waals surface area contributed by atoms with E-state index in [0.29, 0.717) is 0 Å². The fourth-order valence-electron chi connectivity index (χ4n) is 3.77. The van der Waals surface area contributed by atoms with E-state index in [0.717, 1.165) is 32.8 Å². The Kier molecular flexibility index (Phi) is 4.49. The van der Waals surface area contributed by atoms with Gasteiger partial charge in [-0.2, -0.15) is 0 Å². The van der Waals surface area contributed by atoms with Gasteiger partial charge in [-0.05, 0) is 60.5 Å². The van der Waals surface area contributed by atoms with Gasteiger partial charge in [-0.25, -0.2) is 0 Å². The van der Waals surface area contributed by atoms with Crippen molar-refractivity contribution in [1.82, 2.24) is 4.90 Å². The first kappa shape index (κ1) is 15.0. The Hall–Kier alpha value is -1.58. The van der Waals surface area contributed by atoms with Crippen LogP contribution in [0.4, 0.5) is 5.69 Å². The van der Waals surface area contributed by atoms with E-state index in [1.807, 2.05) is 0 Å². The summed E-state index contributed by atoms with van der Waals surface area (Å²) < 4.78 is 5.45. The van der Waals surface area contributed by atoms with Gasteiger partial charge in [0, 0.05) is 25.3 Å². The van der Waals surface area contributed by atoms with Crippen molar-refractivity contribution < 1.29 is 4.74 Å². The molecule has 0 bridgehead atoms. The first-order valence-corrected chi connectivity index (χ1v) is 8.96. The van der Waals surface area contributed by atoms with E-state index < -0.39 is 0 Å². The van der Waals surface area contributed by atoms with Crippen LogP contribution in [0.15, 0.2) is 36.4 Å². The smallest absolute Gasteiger partial charge is 0.0642 e. The van der Waals surface area contributed by atoms with Gasteiger partial charge in [0.2, 0.25) is 0 Å². The molecule has 0 saturated carbocycles. The number of anilines is 1. The molecule has 122 valence electrons. The van der Waals surface area contributed by atoms with Crippen LogP contribution in [0.25, 0.3) is 10.8 Å². The Morgan fingerprint density at radius 1 is 0.783 bits per heavy atom.